The highest BCUT2D eigenvalue weighted by molar-refractivity contribution is 7.12. The molecule has 1 atom stereocenters. The molecule has 17 heavy (non-hydrogen) atoms. The SMILES string of the molecule is N#CCc1ccc(C(O)Cc2ccccc2)s1. The van der Waals surface area contributed by atoms with E-state index in [9.17, 15) is 5.11 Å². The van der Waals surface area contributed by atoms with E-state index in [0.717, 1.165) is 15.3 Å². The zero-order valence-corrected chi connectivity index (χ0v) is 10.2. The molecule has 3 heteroatoms. The van der Waals surface area contributed by atoms with Crippen LogP contribution in [0.25, 0.3) is 0 Å². The molecule has 0 bridgehead atoms. The number of benzene rings is 1. The molecule has 1 N–H and O–H groups in total. The highest BCUT2D eigenvalue weighted by atomic mass is 32.1. The Hall–Kier alpha value is -1.63. The van der Waals surface area contributed by atoms with Gasteiger partial charge in [-0.25, -0.2) is 0 Å². The summed E-state index contributed by atoms with van der Waals surface area (Å²) in [6, 6.07) is 15.9. The molecular weight excluding hydrogens is 230 g/mol. The predicted molar refractivity (Wildman–Crippen MR) is 68.7 cm³/mol. The van der Waals surface area contributed by atoms with E-state index < -0.39 is 6.10 Å². The van der Waals surface area contributed by atoms with Crippen molar-refractivity contribution in [1.82, 2.24) is 0 Å². The lowest BCUT2D eigenvalue weighted by atomic mass is 10.1. The average molecular weight is 243 g/mol. The van der Waals surface area contributed by atoms with Crippen molar-refractivity contribution in [3.63, 3.8) is 0 Å². The van der Waals surface area contributed by atoms with Crippen molar-refractivity contribution < 1.29 is 5.11 Å². The first-order valence-electron chi connectivity index (χ1n) is 5.47. The van der Waals surface area contributed by atoms with Gasteiger partial charge in [-0.1, -0.05) is 30.3 Å². The minimum absolute atomic E-state index is 0.419. The third kappa shape index (κ3) is 3.16. The highest BCUT2D eigenvalue weighted by Crippen LogP contribution is 2.26. The van der Waals surface area contributed by atoms with Crippen LogP contribution in [0.3, 0.4) is 0 Å². The quantitative estimate of drug-likeness (QED) is 0.896. The number of rotatable bonds is 4. The highest BCUT2D eigenvalue weighted by Gasteiger charge is 2.11. The Morgan fingerprint density at radius 1 is 1.18 bits per heavy atom. The number of aliphatic hydroxyl groups excluding tert-OH is 1. The molecule has 0 fully saturated rings. The van der Waals surface area contributed by atoms with Gasteiger partial charge in [0.15, 0.2) is 0 Å². The number of hydrogen-bond donors (Lipinski definition) is 1. The molecule has 0 aliphatic heterocycles. The second kappa shape index (κ2) is 5.62. The maximum Gasteiger partial charge on any atom is 0.0922 e. The van der Waals surface area contributed by atoms with E-state index in [0.29, 0.717) is 12.8 Å². The topological polar surface area (TPSA) is 44.0 Å². The van der Waals surface area contributed by atoms with Gasteiger partial charge in [-0.2, -0.15) is 5.26 Å². The summed E-state index contributed by atoms with van der Waals surface area (Å²) in [5, 5.41) is 18.7. The monoisotopic (exact) mass is 243 g/mol. The van der Waals surface area contributed by atoms with Crippen LogP contribution in [0.5, 0.6) is 0 Å². The van der Waals surface area contributed by atoms with Crippen molar-refractivity contribution in [1.29, 1.82) is 5.26 Å². The van der Waals surface area contributed by atoms with E-state index >= 15 is 0 Å². The molecule has 0 aliphatic carbocycles. The van der Waals surface area contributed by atoms with Gasteiger partial charge in [0.05, 0.1) is 18.6 Å². The van der Waals surface area contributed by atoms with E-state index in [1.165, 1.54) is 11.3 Å². The van der Waals surface area contributed by atoms with Gasteiger partial charge in [-0.15, -0.1) is 11.3 Å². The summed E-state index contributed by atoms with van der Waals surface area (Å²) in [6.07, 6.45) is 0.561. The molecule has 0 saturated carbocycles. The van der Waals surface area contributed by atoms with E-state index in [1.54, 1.807) is 0 Å². The zero-order valence-electron chi connectivity index (χ0n) is 9.34. The molecule has 1 aromatic carbocycles. The molecule has 2 rings (SSSR count). The molecule has 0 saturated heterocycles. The van der Waals surface area contributed by atoms with Gasteiger partial charge in [0.1, 0.15) is 0 Å². The Morgan fingerprint density at radius 2 is 1.94 bits per heavy atom. The molecule has 2 nitrogen and oxygen atoms in total. The van der Waals surface area contributed by atoms with Gasteiger partial charge in [-0.3, -0.25) is 0 Å². The zero-order chi connectivity index (χ0) is 12.1. The number of nitriles is 1. The van der Waals surface area contributed by atoms with E-state index in [4.69, 9.17) is 5.26 Å². The molecule has 2 aromatic rings. The maximum atomic E-state index is 10.1. The first-order chi connectivity index (χ1) is 8.29. The molecule has 1 aromatic heterocycles. The molecule has 0 spiro atoms. The van der Waals surface area contributed by atoms with Crippen LogP contribution in [0.2, 0.25) is 0 Å². The fraction of sp³-hybridized carbons (Fsp3) is 0.214. The molecule has 1 unspecified atom stereocenters. The second-order valence-electron chi connectivity index (χ2n) is 3.84. The standard InChI is InChI=1S/C14H13NOS/c15-9-8-12-6-7-14(17-12)13(16)10-11-4-2-1-3-5-11/h1-7,13,16H,8,10H2. The average Bonchev–Trinajstić information content (AvgIpc) is 2.79. The van der Waals surface area contributed by atoms with Crippen LogP contribution in [0.1, 0.15) is 21.4 Å². The van der Waals surface area contributed by atoms with Crippen LogP contribution in [-0.2, 0) is 12.8 Å². The molecule has 1 heterocycles. The molecule has 0 aliphatic rings. The normalized spacial score (nSPS) is 12.0. The Morgan fingerprint density at radius 3 is 2.65 bits per heavy atom. The van der Waals surface area contributed by atoms with Crippen LogP contribution in [-0.4, -0.2) is 5.11 Å². The number of aliphatic hydroxyl groups is 1. The van der Waals surface area contributed by atoms with Crippen molar-refractivity contribution in [2.45, 2.75) is 18.9 Å². The third-order valence-corrected chi connectivity index (χ3v) is 3.72. The van der Waals surface area contributed by atoms with Crippen molar-refractivity contribution in [3.05, 3.63) is 57.8 Å². The lowest BCUT2D eigenvalue weighted by Gasteiger charge is -2.08. The Bertz CT molecular complexity index is 513. The van der Waals surface area contributed by atoms with Crippen LogP contribution in [0, 0.1) is 11.3 Å². The third-order valence-electron chi connectivity index (χ3n) is 2.54. The maximum absolute atomic E-state index is 10.1. The van der Waals surface area contributed by atoms with Crippen LogP contribution in [0.15, 0.2) is 42.5 Å². The minimum atomic E-state index is -0.477. The van der Waals surface area contributed by atoms with Gasteiger partial charge in [0.2, 0.25) is 0 Å². The van der Waals surface area contributed by atoms with Gasteiger partial charge in [-0.05, 0) is 17.7 Å². The fourth-order valence-electron chi connectivity index (χ4n) is 1.68. The summed E-state index contributed by atoms with van der Waals surface area (Å²) in [7, 11) is 0. The van der Waals surface area contributed by atoms with Crippen molar-refractivity contribution in [2.75, 3.05) is 0 Å². The van der Waals surface area contributed by atoms with E-state index in [1.807, 2.05) is 42.5 Å². The van der Waals surface area contributed by atoms with Crippen molar-refractivity contribution in [3.8, 4) is 6.07 Å². The largest absolute Gasteiger partial charge is 0.387 e. The first-order valence-corrected chi connectivity index (χ1v) is 6.29. The minimum Gasteiger partial charge on any atom is -0.387 e. The number of thiophene rings is 1. The van der Waals surface area contributed by atoms with Gasteiger partial charge in [0.25, 0.3) is 0 Å². The Kier molecular flexibility index (Phi) is 3.92. The summed E-state index contributed by atoms with van der Waals surface area (Å²) < 4.78 is 0. The fourth-order valence-corrected chi connectivity index (χ4v) is 2.62. The molecular formula is C14H13NOS. The summed E-state index contributed by atoms with van der Waals surface area (Å²) >= 11 is 1.51. The second-order valence-corrected chi connectivity index (χ2v) is 5.04. The van der Waals surface area contributed by atoms with Crippen LogP contribution in [0.4, 0.5) is 0 Å². The summed E-state index contributed by atoms with van der Waals surface area (Å²) in [5.41, 5.74) is 1.12. The van der Waals surface area contributed by atoms with Crippen LogP contribution >= 0.6 is 11.3 Å². The van der Waals surface area contributed by atoms with Gasteiger partial charge < -0.3 is 5.11 Å². The summed E-state index contributed by atoms with van der Waals surface area (Å²) in [4.78, 5) is 1.94. The van der Waals surface area contributed by atoms with E-state index in [-0.39, 0.29) is 0 Å². The lowest BCUT2D eigenvalue weighted by Crippen LogP contribution is -1.98. The van der Waals surface area contributed by atoms with Gasteiger partial charge in [0, 0.05) is 16.2 Å². The van der Waals surface area contributed by atoms with Crippen LogP contribution < -0.4 is 0 Å². The smallest absolute Gasteiger partial charge is 0.0922 e. The Labute approximate surface area is 105 Å². The first kappa shape index (κ1) is 11.8. The number of hydrogen-bond acceptors (Lipinski definition) is 3. The van der Waals surface area contributed by atoms with Gasteiger partial charge >= 0.3 is 0 Å². The van der Waals surface area contributed by atoms with Crippen molar-refractivity contribution in [2.24, 2.45) is 0 Å². The predicted octanol–water partition coefficient (Wildman–Crippen LogP) is 3.09. The summed E-state index contributed by atoms with van der Waals surface area (Å²) in [6.45, 7) is 0. The molecule has 0 radical (unpaired) electrons. The van der Waals surface area contributed by atoms with Crippen molar-refractivity contribution >= 4 is 11.3 Å². The van der Waals surface area contributed by atoms with E-state index in [2.05, 4.69) is 6.07 Å². The number of nitrogens with zero attached hydrogens (tertiary/aromatic N) is 1. The Balaban J connectivity index is 2.04. The molecule has 86 valence electrons. The molecule has 0 amide bonds. The summed E-state index contributed by atoms with van der Waals surface area (Å²) in [5.74, 6) is 0. The lowest BCUT2D eigenvalue weighted by molar-refractivity contribution is 0.182.